The number of halogens is 1. The van der Waals surface area contributed by atoms with Crippen LogP contribution in [0.3, 0.4) is 0 Å². The van der Waals surface area contributed by atoms with Crippen molar-refractivity contribution in [1.82, 2.24) is 10.2 Å². The Morgan fingerprint density at radius 3 is 1.92 bits per heavy atom. The SMILES string of the molecule is Brc1cc[nH]n1.CCN.CCN. The highest BCUT2D eigenvalue weighted by molar-refractivity contribution is 9.10. The largest absolute Gasteiger partial charge is 0.331 e. The Balaban J connectivity index is 0. The zero-order valence-corrected chi connectivity index (χ0v) is 9.13. The van der Waals surface area contributed by atoms with Crippen LogP contribution in [0.5, 0.6) is 0 Å². The number of nitrogens with one attached hydrogen (secondary N) is 1. The standard InChI is InChI=1S/C3H3BrN2.2C2H7N/c4-3-1-2-5-6-3;2*1-2-3/h1-2H,(H,5,6);2*2-3H2,1H3. The van der Waals surface area contributed by atoms with E-state index in [0.29, 0.717) is 0 Å². The Morgan fingerprint density at radius 2 is 1.83 bits per heavy atom. The molecule has 0 bridgehead atoms. The van der Waals surface area contributed by atoms with Gasteiger partial charge in [0.05, 0.1) is 0 Å². The number of H-pyrrole nitrogens is 1. The molecule has 72 valence electrons. The number of hydrogen-bond acceptors (Lipinski definition) is 3. The van der Waals surface area contributed by atoms with Gasteiger partial charge in [0.25, 0.3) is 0 Å². The molecule has 5 heteroatoms. The number of nitrogens with two attached hydrogens (primary N) is 2. The van der Waals surface area contributed by atoms with Crippen LogP contribution in [0.1, 0.15) is 13.8 Å². The third-order valence-corrected chi connectivity index (χ3v) is 0.908. The Hall–Kier alpha value is -0.390. The summed E-state index contributed by atoms with van der Waals surface area (Å²) in [6, 6.07) is 1.83. The second-order valence-corrected chi connectivity index (χ2v) is 2.53. The van der Waals surface area contributed by atoms with Crippen molar-refractivity contribution in [1.29, 1.82) is 0 Å². The minimum Gasteiger partial charge on any atom is -0.331 e. The van der Waals surface area contributed by atoms with E-state index in [-0.39, 0.29) is 0 Å². The Bertz CT molecular complexity index is 139. The first-order valence-electron chi connectivity index (χ1n) is 3.78. The molecule has 0 amide bonds. The lowest BCUT2D eigenvalue weighted by Gasteiger charge is -1.62. The average Bonchev–Trinajstić information content (AvgIpc) is 2.43. The molecule has 0 saturated carbocycles. The Morgan fingerprint density at radius 1 is 1.42 bits per heavy atom. The molecule has 1 rings (SSSR count). The minimum atomic E-state index is 0.750. The monoisotopic (exact) mass is 236 g/mol. The molecular weight excluding hydrogens is 220 g/mol. The maximum absolute atomic E-state index is 4.85. The molecule has 1 aromatic rings. The molecule has 1 aromatic heterocycles. The van der Waals surface area contributed by atoms with Crippen molar-refractivity contribution in [2.75, 3.05) is 13.1 Å². The van der Waals surface area contributed by atoms with Gasteiger partial charge >= 0.3 is 0 Å². The van der Waals surface area contributed by atoms with Crippen LogP contribution in [0.2, 0.25) is 0 Å². The molecule has 4 nitrogen and oxygen atoms in total. The van der Waals surface area contributed by atoms with Gasteiger partial charge in [0, 0.05) is 6.20 Å². The van der Waals surface area contributed by atoms with Crippen LogP contribution in [0.25, 0.3) is 0 Å². The highest BCUT2D eigenvalue weighted by Crippen LogP contribution is 1.98. The Labute approximate surface area is 81.8 Å². The van der Waals surface area contributed by atoms with Crippen molar-refractivity contribution >= 4 is 15.9 Å². The van der Waals surface area contributed by atoms with E-state index in [9.17, 15) is 0 Å². The zero-order chi connectivity index (χ0) is 9.82. The van der Waals surface area contributed by atoms with E-state index in [1.807, 2.05) is 19.9 Å². The van der Waals surface area contributed by atoms with Crippen LogP contribution < -0.4 is 11.5 Å². The van der Waals surface area contributed by atoms with Crippen molar-refractivity contribution in [3.8, 4) is 0 Å². The summed E-state index contributed by atoms with van der Waals surface area (Å²) in [5.74, 6) is 0. The van der Waals surface area contributed by atoms with Crippen LogP contribution in [0, 0.1) is 0 Å². The van der Waals surface area contributed by atoms with Gasteiger partial charge in [-0.1, -0.05) is 13.8 Å². The van der Waals surface area contributed by atoms with Crippen molar-refractivity contribution in [3.05, 3.63) is 16.9 Å². The van der Waals surface area contributed by atoms with E-state index in [1.54, 1.807) is 6.20 Å². The van der Waals surface area contributed by atoms with E-state index >= 15 is 0 Å². The molecule has 0 aliphatic rings. The fraction of sp³-hybridized carbons (Fsp3) is 0.571. The van der Waals surface area contributed by atoms with Crippen molar-refractivity contribution in [2.45, 2.75) is 13.8 Å². The van der Waals surface area contributed by atoms with E-state index in [4.69, 9.17) is 11.5 Å². The molecule has 0 radical (unpaired) electrons. The van der Waals surface area contributed by atoms with Gasteiger partial charge in [-0.15, -0.1) is 0 Å². The van der Waals surface area contributed by atoms with E-state index in [0.717, 1.165) is 17.7 Å². The van der Waals surface area contributed by atoms with Crippen molar-refractivity contribution in [3.63, 3.8) is 0 Å². The lowest BCUT2D eigenvalue weighted by molar-refractivity contribution is 1.07. The number of aromatic nitrogens is 2. The van der Waals surface area contributed by atoms with Gasteiger partial charge in [-0.05, 0) is 35.1 Å². The first-order valence-corrected chi connectivity index (χ1v) is 4.57. The quantitative estimate of drug-likeness (QED) is 0.632. The van der Waals surface area contributed by atoms with Crippen LogP contribution in [-0.2, 0) is 0 Å². The number of hydrogen-bond donors (Lipinski definition) is 3. The molecule has 0 spiro atoms. The van der Waals surface area contributed by atoms with Crippen LogP contribution in [0.4, 0.5) is 0 Å². The van der Waals surface area contributed by atoms with Crippen LogP contribution in [-0.4, -0.2) is 23.3 Å². The van der Waals surface area contributed by atoms with Gasteiger partial charge in [0.2, 0.25) is 0 Å². The predicted octanol–water partition coefficient (Wildman–Crippen LogP) is 1.10. The highest BCUT2D eigenvalue weighted by atomic mass is 79.9. The summed E-state index contributed by atoms with van der Waals surface area (Å²) < 4.78 is 0.850. The van der Waals surface area contributed by atoms with E-state index in [1.165, 1.54) is 0 Å². The maximum atomic E-state index is 4.85. The smallest absolute Gasteiger partial charge is 0.127 e. The maximum Gasteiger partial charge on any atom is 0.127 e. The summed E-state index contributed by atoms with van der Waals surface area (Å²) in [6.45, 7) is 5.31. The predicted molar refractivity (Wildman–Crippen MR) is 55.7 cm³/mol. The molecule has 0 fully saturated rings. The first-order chi connectivity index (χ1) is 5.72. The summed E-state index contributed by atoms with van der Waals surface area (Å²) in [4.78, 5) is 0. The van der Waals surface area contributed by atoms with E-state index in [2.05, 4.69) is 26.1 Å². The summed E-state index contributed by atoms with van der Waals surface area (Å²) in [7, 11) is 0. The van der Waals surface area contributed by atoms with Crippen molar-refractivity contribution in [2.24, 2.45) is 11.5 Å². The molecule has 12 heavy (non-hydrogen) atoms. The van der Waals surface area contributed by atoms with Crippen molar-refractivity contribution < 1.29 is 0 Å². The fourth-order valence-electron chi connectivity index (χ4n) is 0.242. The molecule has 0 saturated heterocycles. The van der Waals surface area contributed by atoms with Gasteiger partial charge < -0.3 is 11.5 Å². The van der Waals surface area contributed by atoms with Gasteiger partial charge in [0.15, 0.2) is 0 Å². The topological polar surface area (TPSA) is 80.7 Å². The van der Waals surface area contributed by atoms with Gasteiger partial charge in [-0.25, -0.2) is 0 Å². The second-order valence-electron chi connectivity index (χ2n) is 1.71. The normalized spacial score (nSPS) is 7.42. The second kappa shape index (κ2) is 13.2. The summed E-state index contributed by atoms with van der Waals surface area (Å²) >= 11 is 3.14. The molecule has 0 aliphatic heterocycles. The molecular formula is C7H17BrN4. The summed E-state index contributed by atoms with van der Waals surface area (Å²) in [5.41, 5.74) is 9.69. The molecule has 5 N–H and O–H groups in total. The minimum absolute atomic E-state index is 0.750. The summed E-state index contributed by atoms with van der Waals surface area (Å²) in [5, 5.41) is 6.34. The Kier molecular flexibility index (Phi) is 15.6. The van der Waals surface area contributed by atoms with Gasteiger partial charge in [-0.3, -0.25) is 5.10 Å². The molecule has 1 heterocycles. The number of rotatable bonds is 0. The average molecular weight is 237 g/mol. The third kappa shape index (κ3) is 16.3. The van der Waals surface area contributed by atoms with Gasteiger partial charge in [-0.2, -0.15) is 5.10 Å². The molecule has 0 aliphatic carbocycles. The lowest BCUT2D eigenvalue weighted by Crippen LogP contribution is -1.87. The summed E-state index contributed by atoms with van der Waals surface area (Å²) in [6.07, 6.45) is 1.75. The third-order valence-electron chi connectivity index (χ3n) is 0.467. The van der Waals surface area contributed by atoms with E-state index < -0.39 is 0 Å². The van der Waals surface area contributed by atoms with Gasteiger partial charge in [0.1, 0.15) is 4.60 Å². The molecule has 0 atom stereocenters. The zero-order valence-electron chi connectivity index (χ0n) is 7.55. The number of nitrogens with zero attached hydrogens (tertiary/aromatic N) is 1. The van der Waals surface area contributed by atoms with Crippen LogP contribution >= 0.6 is 15.9 Å². The number of aromatic amines is 1. The molecule has 0 aromatic carbocycles. The van der Waals surface area contributed by atoms with Crippen LogP contribution in [0.15, 0.2) is 16.9 Å². The first kappa shape index (κ1) is 14.2. The molecule has 0 unspecified atom stereocenters. The highest BCUT2D eigenvalue weighted by Gasteiger charge is 1.77. The lowest BCUT2D eigenvalue weighted by atomic mass is 10.8. The fourth-order valence-corrected chi connectivity index (χ4v) is 0.477.